The molecule has 0 saturated heterocycles. The number of hydrogen-bond donors (Lipinski definition) is 1. The zero-order valence-corrected chi connectivity index (χ0v) is 12.7. The summed E-state index contributed by atoms with van der Waals surface area (Å²) in [6, 6.07) is 10.1. The molecule has 1 aromatic carbocycles. The standard InChI is InChI=1S/C16H21N3O3/c1-2-10-19(12-16(20)21)11-15-17-14(18-22-15)9-8-13-6-4-3-5-7-13/h3-7H,2,8-12H2,1H3,(H,20,21). The molecule has 6 nitrogen and oxygen atoms in total. The molecular weight excluding hydrogens is 282 g/mol. The van der Waals surface area contributed by atoms with Crippen LogP contribution in [0.3, 0.4) is 0 Å². The highest BCUT2D eigenvalue weighted by molar-refractivity contribution is 5.69. The van der Waals surface area contributed by atoms with Crippen LogP contribution in [0.2, 0.25) is 0 Å². The van der Waals surface area contributed by atoms with Gasteiger partial charge in [-0.05, 0) is 24.9 Å². The molecule has 0 amide bonds. The summed E-state index contributed by atoms with van der Waals surface area (Å²) >= 11 is 0. The first-order valence-electron chi connectivity index (χ1n) is 7.47. The minimum Gasteiger partial charge on any atom is -0.480 e. The fourth-order valence-corrected chi connectivity index (χ4v) is 2.27. The molecule has 0 aliphatic carbocycles. The van der Waals surface area contributed by atoms with Crippen molar-refractivity contribution in [1.82, 2.24) is 15.0 Å². The second-order valence-corrected chi connectivity index (χ2v) is 5.19. The molecule has 0 atom stereocenters. The molecule has 22 heavy (non-hydrogen) atoms. The molecule has 0 aliphatic rings. The molecule has 6 heteroatoms. The number of aromatic nitrogens is 2. The van der Waals surface area contributed by atoms with Crippen LogP contribution in [0.25, 0.3) is 0 Å². The maximum Gasteiger partial charge on any atom is 0.317 e. The van der Waals surface area contributed by atoms with Gasteiger partial charge in [0.1, 0.15) is 0 Å². The average Bonchev–Trinajstić information content (AvgIpc) is 2.93. The third-order valence-corrected chi connectivity index (χ3v) is 3.25. The first-order valence-corrected chi connectivity index (χ1v) is 7.47. The van der Waals surface area contributed by atoms with Gasteiger partial charge in [0.05, 0.1) is 13.1 Å². The Balaban J connectivity index is 1.88. The van der Waals surface area contributed by atoms with Crippen molar-refractivity contribution in [2.75, 3.05) is 13.1 Å². The Kier molecular flexibility index (Phi) is 6.09. The van der Waals surface area contributed by atoms with Crippen molar-refractivity contribution >= 4 is 5.97 Å². The Hall–Kier alpha value is -2.21. The van der Waals surface area contributed by atoms with Crippen LogP contribution in [-0.4, -0.2) is 39.2 Å². The Bertz CT molecular complexity index is 583. The van der Waals surface area contributed by atoms with Crippen molar-refractivity contribution in [1.29, 1.82) is 0 Å². The number of nitrogens with zero attached hydrogens (tertiary/aromatic N) is 3. The number of aryl methyl sites for hydroxylation is 2. The van der Waals surface area contributed by atoms with Crippen LogP contribution >= 0.6 is 0 Å². The molecular formula is C16H21N3O3. The second-order valence-electron chi connectivity index (χ2n) is 5.19. The molecule has 0 saturated carbocycles. The number of aliphatic carboxylic acids is 1. The third-order valence-electron chi connectivity index (χ3n) is 3.25. The lowest BCUT2D eigenvalue weighted by atomic mass is 10.1. The Labute approximate surface area is 129 Å². The summed E-state index contributed by atoms with van der Waals surface area (Å²) < 4.78 is 5.22. The van der Waals surface area contributed by atoms with Crippen LogP contribution in [0.15, 0.2) is 34.9 Å². The Morgan fingerprint density at radius 1 is 1.27 bits per heavy atom. The van der Waals surface area contributed by atoms with Gasteiger partial charge in [0.2, 0.25) is 5.89 Å². The lowest BCUT2D eigenvalue weighted by Crippen LogP contribution is -2.30. The summed E-state index contributed by atoms with van der Waals surface area (Å²) in [6.07, 6.45) is 2.44. The first-order chi connectivity index (χ1) is 10.7. The van der Waals surface area contributed by atoms with Crippen molar-refractivity contribution in [3.05, 3.63) is 47.6 Å². The van der Waals surface area contributed by atoms with Gasteiger partial charge in [0.25, 0.3) is 0 Å². The largest absolute Gasteiger partial charge is 0.480 e. The van der Waals surface area contributed by atoms with E-state index in [1.807, 2.05) is 25.1 Å². The van der Waals surface area contributed by atoms with Crippen molar-refractivity contribution in [2.45, 2.75) is 32.7 Å². The highest BCUT2D eigenvalue weighted by Crippen LogP contribution is 2.07. The first kappa shape index (κ1) is 16.2. The van der Waals surface area contributed by atoms with Crippen molar-refractivity contribution in [3.8, 4) is 0 Å². The van der Waals surface area contributed by atoms with E-state index in [4.69, 9.17) is 9.63 Å². The third kappa shape index (κ3) is 5.29. The van der Waals surface area contributed by atoms with Crippen molar-refractivity contribution < 1.29 is 14.4 Å². The van der Waals surface area contributed by atoms with E-state index in [1.165, 1.54) is 5.56 Å². The maximum absolute atomic E-state index is 10.8. The smallest absolute Gasteiger partial charge is 0.317 e. The van der Waals surface area contributed by atoms with E-state index >= 15 is 0 Å². The molecule has 0 spiro atoms. The van der Waals surface area contributed by atoms with Crippen molar-refractivity contribution in [3.63, 3.8) is 0 Å². The van der Waals surface area contributed by atoms with Gasteiger partial charge in [-0.1, -0.05) is 42.4 Å². The topological polar surface area (TPSA) is 79.5 Å². The zero-order chi connectivity index (χ0) is 15.8. The SMILES string of the molecule is CCCN(CC(=O)O)Cc1nc(CCc2ccccc2)no1. The van der Waals surface area contributed by atoms with Crippen LogP contribution in [-0.2, 0) is 24.2 Å². The number of carbonyl (C=O) groups is 1. The number of rotatable bonds is 9. The number of carboxylic acid groups (broad SMARTS) is 1. The van der Waals surface area contributed by atoms with Gasteiger partial charge in [0.15, 0.2) is 5.82 Å². The van der Waals surface area contributed by atoms with E-state index in [2.05, 4.69) is 22.3 Å². The fraction of sp³-hybridized carbons (Fsp3) is 0.438. The van der Waals surface area contributed by atoms with Crippen molar-refractivity contribution in [2.24, 2.45) is 0 Å². The molecule has 0 radical (unpaired) electrons. The van der Waals surface area contributed by atoms with E-state index < -0.39 is 5.97 Å². The van der Waals surface area contributed by atoms with E-state index in [0.717, 1.165) is 12.8 Å². The zero-order valence-electron chi connectivity index (χ0n) is 12.7. The van der Waals surface area contributed by atoms with Gasteiger partial charge >= 0.3 is 5.97 Å². The van der Waals surface area contributed by atoms with E-state index in [0.29, 0.717) is 31.2 Å². The van der Waals surface area contributed by atoms with Crippen LogP contribution < -0.4 is 0 Å². The van der Waals surface area contributed by atoms with Crippen LogP contribution in [0.5, 0.6) is 0 Å². The summed E-state index contributed by atoms with van der Waals surface area (Å²) in [6.45, 7) is 3.05. The minimum absolute atomic E-state index is 0.0183. The lowest BCUT2D eigenvalue weighted by molar-refractivity contribution is -0.138. The predicted octanol–water partition coefficient (Wildman–Crippen LogP) is 2.15. The summed E-state index contributed by atoms with van der Waals surface area (Å²) in [7, 11) is 0. The van der Waals surface area contributed by atoms with Gasteiger partial charge in [-0.2, -0.15) is 4.98 Å². The molecule has 1 N–H and O–H groups in total. The highest BCUT2D eigenvalue weighted by Gasteiger charge is 2.14. The second kappa shape index (κ2) is 8.29. The molecule has 2 rings (SSSR count). The quantitative estimate of drug-likeness (QED) is 0.764. The maximum atomic E-state index is 10.8. The minimum atomic E-state index is -0.850. The van der Waals surface area contributed by atoms with Crippen LogP contribution in [0.4, 0.5) is 0 Å². The van der Waals surface area contributed by atoms with E-state index in [9.17, 15) is 4.79 Å². The van der Waals surface area contributed by atoms with Gasteiger partial charge in [0, 0.05) is 6.42 Å². The van der Waals surface area contributed by atoms with Gasteiger partial charge in [-0.3, -0.25) is 9.69 Å². The summed E-state index contributed by atoms with van der Waals surface area (Å²) in [5.74, 6) is 0.278. The monoisotopic (exact) mass is 303 g/mol. The summed E-state index contributed by atoms with van der Waals surface area (Å²) in [5.41, 5.74) is 1.23. The van der Waals surface area contributed by atoms with Gasteiger partial charge < -0.3 is 9.63 Å². The highest BCUT2D eigenvalue weighted by atomic mass is 16.5. The molecule has 0 unspecified atom stereocenters. The van der Waals surface area contributed by atoms with E-state index in [1.54, 1.807) is 4.90 Å². The summed E-state index contributed by atoms with van der Waals surface area (Å²) in [4.78, 5) is 17.0. The molecule has 1 heterocycles. The van der Waals surface area contributed by atoms with Gasteiger partial charge in [-0.15, -0.1) is 0 Å². The van der Waals surface area contributed by atoms with Gasteiger partial charge in [-0.25, -0.2) is 0 Å². The molecule has 0 aliphatic heterocycles. The molecule has 2 aromatic rings. The lowest BCUT2D eigenvalue weighted by Gasteiger charge is -2.16. The Morgan fingerprint density at radius 3 is 2.73 bits per heavy atom. The fourth-order valence-electron chi connectivity index (χ4n) is 2.27. The Morgan fingerprint density at radius 2 is 2.05 bits per heavy atom. The molecule has 1 aromatic heterocycles. The number of carboxylic acids is 1. The molecule has 118 valence electrons. The summed E-state index contributed by atoms with van der Waals surface area (Å²) in [5, 5.41) is 12.9. The predicted molar refractivity (Wildman–Crippen MR) is 81.4 cm³/mol. The van der Waals surface area contributed by atoms with E-state index in [-0.39, 0.29) is 6.54 Å². The molecule has 0 bridgehead atoms. The van der Waals surface area contributed by atoms with Crippen LogP contribution in [0.1, 0.15) is 30.6 Å². The van der Waals surface area contributed by atoms with Crippen LogP contribution in [0, 0.1) is 0 Å². The number of benzene rings is 1. The molecule has 0 fully saturated rings. The average molecular weight is 303 g/mol. The number of hydrogen-bond acceptors (Lipinski definition) is 5. The normalized spacial score (nSPS) is 11.0.